The molecule has 1 aromatic rings. The van der Waals surface area contributed by atoms with E-state index in [4.69, 9.17) is 4.74 Å². The fourth-order valence-electron chi connectivity index (χ4n) is 1.84. The Morgan fingerprint density at radius 3 is 2.47 bits per heavy atom. The fourth-order valence-corrected chi connectivity index (χ4v) is 1.84. The molecule has 96 valence electrons. The Bertz CT molecular complexity index is 274. The smallest absolute Gasteiger partial charge is 0.0484 e. The lowest BCUT2D eigenvalue weighted by Gasteiger charge is -2.19. The summed E-state index contributed by atoms with van der Waals surface area (Å²) in [6, 6.07) is 11.1. The molecule has 1 unspecified atom stereocenters. The Balaban J connectivity index is 2.43. The van der Waals surface area contributed by atoms with Gasteiger partial charge >= 0.3 is 0 Å². The van der Waals surface area contributed by atoms with Crippen LogP contribution in [0.25, 0.3) is 0 Å². The van der Waals surface area contributed by atoms with E-state index in [2.05, 4.69) is 49.5 Å². The maximum Gasteiger partial charge on any atom is 0.0484 e. The second-order valence-electron chi connectivity index (χ2n) is 4.32. The van der Waals surface area contributed by atoms with Crippen molar-refractivity contribution in [1.82, 2.24) is 5.32 Å². The van der Waals surface area contributed by atoms with E-state index < -0.39 is 0 Å². The van der Waals surface area contributed by atoms with Gasteiger partial charge in [0.2, 0.25) is 0 Å². The molecule has 0 aliphatic carbocycles. The molecule has 0 aliphatic rings. The molecule has 0 radical (unpaired) electrons. The maximum absolute atomic E-state index is 5.57. The van der Waals surface area contributed by atoms with Gasteiger partial charge in [0.05, 0.1) is 0 Å². The van der Waals surface area contributed by atoms with Crippen molar-refractivity contribution in [2.45, 2.75) is 39.2 Å². The largest absolute Gasteiger partial charge is 0.381 e. The van der Waals surface area contributed by atoms with Gasteiger partial charge < -0.3 is 10.1 Å². The lowest BCUT2D eigenvalue weighted by atomic mass is 10.0. The zero-order chi connectivity index (χ0) is 12.3. The van der Waals surface area contributed by atoms with Gasteiger partial charge in [0, 0.05) is 19.3 Å². The van der Waals surface area contributed by atoms with Crippen LogP contribution >= 0.6 is 0 Å². The summed E-state index contributed by atoms with van der Waals surface area (Å²) in [5.74, 6) is 0. The third-order valence-corrected chi connectivity index (χ3v) is 2.74. The highest BCUT2D eigenvalue weighted by Gasteiger charge is 2.09. The molecule has 2 heteroatoms. The predicted molar refractivity (Wildman–Crippen MR) is 73.2 cm³/mol. The monoisotopic (exact) mass is 235 g/mol. The zero-order valence-corrected chi connectivity index (χ0v) is 11.1. The third-order valence-electron chi connectivity index (χ3n) is 2.74. The summed E-state index contributed by atoms with van der Waals surface area (Å²) in [7, 11) is 0. The first kappa shape index (κ1) is 14.2. The second-order valence-corrected chi connectivity index (χ2v) is 4.32. The van der Waals surface area contributed by atoms with Crippen molar-refractivity contribution in [1.29, 1.82) is 0 Å². The molecule has 0 aromatic heterocycles. The molecule has 0 fully saturated rings. The van der Waals surface area contributed by atoms with Crippen molar-refractivity contribution >= 4 is 0 Å². The third kappa shape index (κ3) is 5.85. The van der Waals surface area contributed by atoms with E-state index in [1.54, 1.807) is 0 Å². The van der Waals surface area contributed by atoms with Crippen LogP contribution < -0.4 is 5.32 Å². The van der Waals surface area contributed by atoms with Gasteiger partial charge in [-0.1, -0.05) is 44.2 Å². The van der Waals surface area contributed by atoms with E-state index in [-0.39, 0.29) is 0 Å². The zero-order valence-electron chi connectivity index (χ0n) is 11.1. The summed E-state index contributed by atoms with van der Waals surface area (Å²) >= 11 is 0. The van der Waals surface area contributed by atoms with Crippen LogP contribution in [-0.2, 0) is 4.74 Å². The first-order chi connectivity index (χ1) is 8.38. The van der Waals surface area contributed by atoms with Crippen LogP contribution in [0.4, 0.5) is 0 Å². The van der Waals surface area contributed by atoms with Gasteiger partial charge in [-0.15, -0.1) is 0 Å². The molecule has 17 heavy (non-hydrogen) atoms. The molecule has 0 aliphatic heterocycles. The van der Waals surface area contributed by atoms with Gasteiger partial charge in [0.25, 0.3) is 0 Å². The summed E-state index contributed by atoms with van der Waals surface area (Å²) in [5.41, 5.74) is 1.36. The molecule has 0 bridgehead atoms. The quantitative estimate of drug-likeness (QED) is 0.661. The standard InChI is InChI=1S/C15H25NO/c1-3-11-16-15(10-13-17-12-4-2)14-8-6-5-7-9-14/h5-9,15-16H,3-4,10-13H2,1-2H3. The van der Waals surface area contributed by atoms with Crippen LogP contribution in [-0.4, -0.2) is 19.8 Å². The number of nitrogens with one attached hydrogen (secondary N) is 1. The highest BCUT2D eigenvalue weighted by atomic mass is 16.5. The predicted octanol–water partition coefficient (Wildman–Crippen LogP) is 3.54. The normalized spacial score (nSPS) is 12.6. The van der Waals surface area contributed by atoms with Crippen LogP contribution in [0.3, 0.4) is 0 Å². The van der Waals surface area contributed by atoms with Gasteiger partial charge in [-0.25, -0.2) is 0 Å². The van der Waals surface area contributed by atoms with E-state index in [0.29, 0.717) is 6.04 Å². The minimum Gasteiger partial charge on any atom is -0.381 e. The summed E-state index contributed by atoms with van der Waals surface area (Å²) in [6.45, 7) is 7.11. The van der Waals surface area contributed by atoms with E-state index in [1.807, 2.05) is 0 Å². The lowest BCUT2D eigenvalue weighted by molar-refractivity contribution is 0.124. The minimum atomic E-state index is 0.424. The molecule has 0 saturated heterocycles. The molecular formula is C15H25NO. The van der Waals surface area contributed by atoms with Crippen LogP contribution in [0, 0.1) is 0 Å². The molecule has 1 rings (SSSR count). The van der Waals surface area contributed by atoms with Gasteiger partial charge in [0.15, 0.2) is 0 Å². The van der Waals surface area contributed by atoms with Gasteiger partial charge in [-0.05, 0) is 31.4 Å². The van der Waals surface area contributed by atoms with Gasteiger partial charge in [0.1, 0.15) is 0 Å². The average molecular weight is 235 g/mol. The minimum absolute atomic E-state index is 0.424. The van der Waals surface area contributed by atoms with Crippen molar-refractivity contribution in [2.75, 3.05) is 19.8 Å². The summed E-state index contributed by atoms with van der Waals surface area (Å²) < 4.78 is 5.57. The molecular weight excluding hydrogens is 210 g/mol. The summed E-state index contributed by atoms with van der Waals surface area (Å²) in [6.07, 6.45) is 3.31. The molecule has 0 spiro atoms. The van der Waals surface area contributed by atoms with Crippen LogP contribution in [0.2, 0.25) is 0 Å². The Morgan fingerprint density at radius 2 is 1.82 bits per heavy atom. The highest BCUT2D eigenvalue weighted by Crippen LogP contribution is 2.16. The van der Waals surface area contributed by atoms with Crippen molar-refractivity contribution in [3.8, 4) is 0 Å². The van der Waals surface area contributed by atoms with Crippen LogP contribution in [0.5, 0.6) is 0 Å². The number of hydrogen-bond acceptors (Lipinski definition) is 2. The Kier molecular flexibility index (Phi) is 7.69. The fraction of sp³-hybridized carbons (Fsp3) is 0.600. The topological polar surface area (TPSA) is 21.3 Å². The Labute approximate surface area is 105 Å². The van der Waals surface area contributed by atoms with Gasteiger partial charge in [-0.2, -0.15) is 0 Å². The molecule has 0 saturated carbocycles. The molecule has 0 heterocycles. The van der Waals surface area contributed by atoms with Crippen molar-refractivity contribution in [3.05, 3.63) is 35.9 Å². The first-order valence-corrected chi connectivity index (χ1v) is 6.74. The number of rotatable bonds is 9. The summed E-state index contributed by atoms with van der Waals surface area (Å²) in [5, 5.41) is 3.58. The molecule has 2 nitrogen and oxygen atoms in total. The highest BCUT2D eigenvalue weighted by molar-refractivity contribution is 5.18. The maximum atomic E-state index is 5.57. The van der Waals surface area contributed by atoms with Crippen molar-refractivity contribution in [2.24, 2.45) is 0 Å². The average Bonchev–Trinajstić information content (AvgIpc) is 2.39. The van der Waals surface area contributed by atoms with Crippen molar-refractivity contribution in [3.63, 3.8) is 0 Å². The van der Waals surface area contributed by atoms with Crippen LogP contribution in [0.15, 0.2) is 30.3 Å². The molecule has 1 aromatic carbocycles. The van der Waals surface area contributed by atoms with E-state index >= 15 is 0 Å². The van der Waals surface area contributed by atoms with E-state index in [9.17, 15) is 0 Å². The molecule has 0 amide bonds. The second kappa shape index (κ2) is 9.20. The molecule has 1 atom stereocenters. The van der Waals surface area contributed by atoms with Crippen molar-refractivity contribution < 1.29 is 4.74 Å². The van der Waals surface area contributed by atoms with E-state index in [1.165, 1.54) is 12.0 Å². The lowest BCUT2D eigenvalue weighted by Crippen LogP contribution is -2.23. The number of benzene rings is 1. The first-order valence-electron chi connectivity index (χ1n) is 6.74. The van der Waals surface area contributed by atoms with E-state index in [0.717, 1.165) is 32.6 Å². The SMILES string of the molecule is CCCNC(CCOCCC)c1ccccc1. The van der Waals surface area contributed by atoms with Gasteiger partial charge in [-0.3, -0.25) is 0 Å². The number of hydrogen-bond donors (Lipinski definition) is 1. The Morgan fingerprint density at radius 1 is 1.06 bits per heavy atom. The Hall–Kier alpha value is -0.860. The van der Waals surface area contributed by atoms with Crippen LogP contribution in [0.1, 0.15) is 44.7 Å². The summed E-state index contributed by atoms with van der Waals surface area (Å²) in [4.78, 5) is 0. The number of ether oxygens (including phenoxy) is 1. The molecule has 1 N–H and O–H groups in total.